The largest absolute Gasteiger partial charge is 0.481 e. The molecule has 1 heterocycles. The molecular weight excluding hydrogens is 360 g/mol. The summed E-state index contributed by atoms with van der Waals surface area (Å²) >= 11 is 0. The second kappa shape index (κ2) is 11.4. The van der Waals surface area contributed by atoms with Gasteiger partial charge in [-0.1, -0.05) is 0 Å². The Kier molecular flexibility index (Phi) is 9.20. The van der Waals surface area contributed by atoms with Crippen molar-refractivity contribution < 1.29 is 28.7 Å². The Hall–Kier alpha value is -3.24. The SMILES string of the molecule is C[C@H](CC(=O)O)NC(=O)NCCNC(=O)CCNC(=O)c1ccc([18F])nc1. The number of carboxylic acids is 1. The molecule has 1 rings (SSSR count). The van der Waals surface area contributed by atoms with Crippen LogP contribution in [-0.4, -0.2) is 59.6 Å². The minimum atomic E-state index is -1.02. The van der Waals surface area contributed by atoms with Gasteiger partial charge in [-0.05, 0) is 19.1 Å². The van der Waals surface area contributed by atoms with Crippen LogP contribution in [0.4, 0.5) is 9.18 Å². The molecule has 0 saturated heterocycles. The van der Waals surface area contributed by atoms with Crippen LogP contribution in [0.2, 0.25) is 0 Å². The van der Waals surface area contributed by atoms with Crippen LogP contribution in [0.5, 0.6) is 0 Å². The van der Waals surface area contributed by atoms with Crippen LogP contribution < -0.4 is 21.3 Å². The molecule has 0 aliphatic rings. The summed E-state index contributed by atoms with van der Waals surface area (Å²) in [6.07, 6.45) is 0.935. The van der Waals surface area contributed by atoms with Crippen molar-refractivity contribution in [1.29, 1.82) is 0 Å². The summed E-state index contributed by atoms with van der Waals surface area (Å²) in [5.74, 6) is -2.50. The van der Waals surface area contributed by atoms with Gasteiger partial charge in [0.25, 0.3) is 5.91 Å². The number of nitrogens with zero attached hydrogens (tertiary/aromatic N) is 1. The fourth-order valence-corrected chi connectivity index (χ4v) is 1.96. The number of aliphatic carboxylic acids is 1. The number of aromatic nitrogens is 1. The number of nitrogens with one attached hydrogen (secondary N) is 4. The first-order valence-corrected chi connectivity index (χ1v) is 8.20. The van der Waals surface area contributed by atoms with Crippen molar-refractivity contribution in [3.8, 4) is 0 Å². The number of amides is 4. The van der Waals surface area contributed by atoms with Crippen molar-refractivity contribution in [2.24, 2.45) is 0 Å². The first-order valence-electron chi connectivity index (χ1n) is 8.20. The molecule has 5 N–H and O–H groups in total. The molecule has 0 bridgehead atoms. The van der Waals surface area contributed by atoms with Crippen molar-refractivity contribution in [3.05, 3.63) is 29.8 Å². The number of rotatable bonds is 10. The first-order chi connectivity index (χ1) is 12.8. The molecule has 0 unspecified atom stereocenters. The summed E-state index contributed by atoms with van der Waals surface area (Å²) in [4.78, 5) is 48.7. The van der Waals surface area contributed by atoms with E-state index in [1.54, 1.807) is 6.92 Å². The fourth-order valence-electron chi connectivity index (χ4n) is 1.96. The minimum absolute atomic E-state index is 0.0300. The maximum Gasteiger partial charge on any atom is 0.315 e. The van der Waals surface area contributed by atoms with Crippen LogP contribution >= 0.6 is 0 Å². The predicted molar refractivity (Wildman–Crippen MR) is 92.4 cm³/mol. The van der Waals surface area contributed by atoms with Gasteiger partial charge in [-0.3, -0.25) is 14.4 Å². The van der Waals surface area contributed by atoms with E-state index in [0.29, 0.717) is 0 Å². The second-order valence-corrected chi connectivity index (χ2v) is 5.62. The van der Waals surface area contributed by atoms with E-state index in [1.807, 2.05) is 0 Å². The lowest BCUT2D eigenvalue weighted by Crippen LogP contribution is -2.44. The van der Waals surface area contributed by atoms with Crippen molar-refractivity contribution in [2.75, 3.05) is 19.6 Å². The van der Waals surface area contributed by atoms with Gasteiger partial charge in [0.2, 0.25) is 11.9 Å². The van der Waals surface area contributed by atoms with Crippen molar-refractivity contribution >= 4 is 23.8 Å². The number of hydrogen-bond donors (Lipinski definition) is 5. The topological polar surface area (TPSA) is 150 Å². The van der Waals surface area contributed by atoms with Gasteiger partial charge in [0, 0.05) is 38.3 Å². The van der Waals surface area contributed by atoms with Gasteiger partial charge >= 0.3 is 12.0 Å². The van der Waals surface area contributed by atoms with Gasteiger partial charge in [-0.2, -0.15) is 4.39 Å². The standard InChI is InChI=1S/C16H22FN5O5/c1-10(8-14(24)25)22-16(27)20-7-6-18-13(23)4-5-19-15(26)11-2-3-12(17)21-9-11/h2-3,9-10H,4-8H2,1H3,(H,18,23)(H,19,26)(H,24,25)(H2,20,22,27)/t10-/m1/s1/i17-1. The maximum absolute atomic E-state index is 12.7. The molecule has 0 fully saturated rings. The molecule has 0 saturated carbocycles. The van der Waals surface area contributed by atoms with E-state index < -0.39 is 29.9 Å². The number of carbonyl (C=O) groups is 4. The molecule has 1 aromatic rings. The van der Waals surface area contributed by atoms with Crippen molar-refractivity contribution in [2.45, 2.75) is 25.8 Å². The number of halogens is 1. The Morgan fingerprint density at radius 3 is 2.44 bits per heavy atom. The molecule has 148 valence electrons. The lowest BCUT2D eigenvalue weighted by Gasteiger charge is -2.13. The quantitative estimate of drug-likeness (QED) is 0.275. The fraction of sp³-hybridized carbons (Fsp3) is 0.438. The molecule has 1 aromatic heterocycles. The number of carbonyl (C=O) groups excluding carboxylic acids is 3. The summed E-state index contributed by atoms with van der Waals surface area (Å²) in [6, 6.07) is 1.30. The summed E-state index contributed by atoms with van der Waals surface area (Å²) < 4.78 is 12.7. The molecule has 27 heavy (non-hydrogen) atoms. The Balaban J connectivity index is 2.12. The summed E-state index contributed by atoms with van der Waals surface area (Å²) in [7, 11) is 0. The highest BCUT2D eigenvalue weighted by Gasteiger charge is 2.10. The average Bonchev–Trinajstić information content (AvgIpc) is 2.58. The van der Waals surface area contributed by atoms with E-state index in [2.05, 4.69) is 26.3 Å². The van der Waals surface area contributed by atoms with Gasteiger partial charge in [0.1, 0.15) is 0 Å². The van der Waals surface area contributed by atoms with Gasteiger partial charge in [0.05, 0.1) is 12.0 Å². The molecular formula is C16H22FN5O5. The second-order valence-electron chi connectivity index (χ2n) is 5.62. The van der Waals surface area contributed by atoms with Crippen molar-refractivity contribution in [1.82, 2.24) is 26.3 Å². The average molecular weight is 382 g/mol. The van der Waals surface area contributed by atoms with E-state index in [1.165, 1.54) is 6.07 Å². The van der Waals surface area contributed by atoms with Crippen LogP contribution in [0, 0.1) is 5.95 Å². The highest BCUT2D eigenvalue weighted by atomic mass is 18.2. The smallest absolute Gasteiger partial charge is 0.315 e. The van der Waals surface area contributed by atoms with Crippen LogP contribution in [0.3, 0.4) is 0 Å². The number of hydrogen-bond acceptors (Lipinski definition) is 5. The summed E-state index contributed by atoms with van der Waals surface area (Å²) in [5, 5.41) is 18.6. The van der Waals surface area contributed by atoms with Crippen LogP contribution in [0.25, 0.3) is 0 Å². The zero-order valence-electron chi connectivity index (χ0n) is 14.8. The zero-order chi connectivity index (χ0) is 20.2. The number of pyridine rings is 1. The Labute approximate surface area is 154 Å². The molecule has 0 spiro atoms. The van der Waals surface area contributed by atoms with Crippen LogP contribution in [0.1, 0.15) is 30.1 Å². The molecule has 10 nitrogen and oxygen atoms in total. The van der Waals surface area contributed by atoms with Crippen LogP contribution in [-0.2, 0) is 9.59 Å². The van der Waals surface area contributed by atoms with Gasteiger partial charge in [-0.25, -0.2) is 9.78 Å². The predicted octanol–water partition coefficient (Wildman–Crippen LogP) is -0.381. The Morgan fingerprint density at radius 2 is 1.81 bits per heavy atom. The van der Waals surface area contributed by atoms with E-state index in [9.17, 15) is 23.6 Å². The van der Waals surface area contributed by atoms with Gasteiger partial charge < -0.3 is 26.4 Å². The normalized spacial score (nSPS) is 11.2. The Morgan fingerprint density at radius 1 is 1.11 bits per heavy atom. The van der Waals surface area contributed by atoms with Crippen molar-refractivity contribution in [3.63, 3.8) is 0 Å². The lowest BCUT2D eigenvalue weighted by atomic mass is 10.2. The molecule has 0 aromatic carbocycles. The summed E-state index contributed by atoms with van der Waals surface area (Å²) in [6.45, 7) is 1.98. The molecule has 0 aliphatic carbocycles. The third-order valence-corrected chi connectivity index (χ3v) is 3.22. The molecule has 4 amide bonds. The third-order valence-electron chi connectivity index (χ3n) is 3.22. The zero-order valence-corrected chi connectivity index (χ0v) is 14.8. The van der Waals surface area contributed by atoms with Gasteiger partial charge in [-0.15, -0.1) is 0 Å². The molecule has 1 atom stereocenters. The molecule has 0 radical (unpaired) electrons. The summed E-state index contributed by atoms with van der Waals surface area (Å²) in [5.41, 5.74) is 0.184. The lowest BCUT2D eigenvalue weighted by molar-refractivity contribution is -0.137. The van der Waals surface area contributed by atoms with E-state index >= 15 is 0 Å². The highest BCUT2D eigenvalue weighted by molar-refractivity contribution is 5.94. The monoisotopic (exact) mass is 382 g/mol. The van der Waals surface area contributed by atoms with E-state index in [4.69, 9.17) is 5.11 Å². The van der Waals surface area contributed by atoms with Gasteiger partial charge in [0.15, 0.2) is 0 Å². The third kappa shape index (κ3) is 9.72. The molecule has 0 aliphatic heterocycles. The molecule has 11 heteroatoms. The minimum Gasteiger partial charge on any atom is -0.481 e. The first kappa shape index (κ1) is 21.8. The van der Waals surface area contributed by atoms with E-state index in [-0.39, 0.29) is 43.9 Å². The highest BCUT2D eigenvalue weighted by Crippen LogP contribution is 1.98. The Bertz CT molecular complexity index is 668. The van der Waals surface area contributed by atoms with Crippen LogP contribution in [0.15, 0.2) is 18.3 Å². The van der Waals surface area contributed by atoms with E-state index in [0.717, 1.165) is 12.3 Å². The number of carboxylic acid groups (broad SMARTS) is 1. The maximum atomic E-state index is 12.7. The number of urea groups is 1.